The average Bonchev–Trinajstić information content (AvgIpc) is 3.53. The normalized spacial score (nSPS) is 18.5. The highest BCUT2D eigenvalue weighted by atomic mass is 32.3. The first kappa shape index (κ1) is 38.2. The molecule has 2 aromatic carbocycles. The second kappa shape index (κ2) is 17.5. The monoisotopic (exact) mass is 615 g/mol. The predicted octanol–water partition coefficient (Wildman–Crippen LogP) is 6.36. The van der Waals surface area contributed by atoms with Crippen LogP contribution in [0.4, 0.5) is 5.69 Å². The highest BCUT2D eigenvalue weighted by Crippen LogP contribution is 2.67. The summed E-state index contributed by atoms with van der Waals surface area (Å²) in [5.41, 5.74) is 7.50. The molecule has 7 N–H and O–H groups in total. The first-order valence-electron chi connectivity index (χ1n) is 14.6. The third-order valence-electron chi connectivity index (χ3n) is 6.94. The lowest BCUT2D eigenvalue weighted by Crippen LogP contribution is -2.24. The fraction of sp³-hybridized carbons (Fsp3) is 0.500. The molecule has 8 nitrogen and oxygen atoms in total. The SMILES string of the molecule is CC(C)(C)S(C)(c1ccccc1)c1ccccc1.CC(C)(O)O.CC1CC(CO)OC1c1c[nH]c(C#N)c1N.CCCO. The van der Waals surface area contributed by atoms with Gasteiger partial charge in [0.1, 0.15) is 11.8 Å². The molecular formula is C34H53N3O5S. The molecule has 1 aliphatic rings. The first-order chi connectivity index (χ1) is 20.0. The average molecular weight is 616 g/mol. The van der Waals surface area contributed by atoms with Crippen LogP contribution in [0.3, 0.4) is 0 Å². The van der Waals surface area contributed by atoms with Crippen molar-refractivity contribution in [1.29, 1.82) is 5.26 Å². The Kier molecular flexibility index (Phi) is 15.5. The molecular weight excluding hydrogens is 562 g/mol. The summed E-state index contributed by atoms with van der Waals surface area (Å²) in [4.78, 5) is 5.75. The number of nitrogens with zero attached hydrogens (tertiary/aromatic N) is 1. The van der Waals surface area contributed by atoms with Gasteiger partial charge in [-0.15, -0.1) is 0 Å². The van der Waals surface area contributed by atoms with Crippen molar-refractivity contribution in [2.24, 2.45) is 5.92 Å². The number of hydrogen-bond donors (Lipinski definition) is 6. The fourth-order valence-electron chi connectivity index (χ4n) is 4.44. The number of hydrogen-bond acceptors (Lipinski definition) is 7. The standard InChI is InChI=1S/C17H22S.C11H15N3O2.C3H8O2.C3H8O/c1-17(2,3)18(4,15-11-7-5-8-12-15)16-13-9-6-10-14-16;1-6-2-7(5-15)16-11(6)8-4-14-9(3-12)10(8)13;1-3(2,4)5;1-2-3-4/h5-14H,1-4H3;4,6-7,11,14-15H,2,5,13H2,1H3;4-5H,1-2H3;4H,2-3H2,1H3. The molecule has 9 heteroatoms. The van der Waals surface area contributed by atoms with Gasteiger partial charge in [-0.3, -0.25) is 0 Å². The van der Waals surface area contributed by atoms with Crippen molar-refractivity contribution in [2.75, 3.05) is 25.2 Å². The quantitative estimate of drug-likeness (QED) is 0.182. The zero-order chi connectivity index (χ0) is 32.8. The summed E-state index contributed by atoms with van der Waals surface area (Å²) in [7, 11) is -1.01. The van der Waals surface area contributed by atoms with Crippen molar-refractivity contribution in [1.82, 2.24) is 4.98 Å². The lowest BCUT2D eigenvalue weighted by atomic mass is 9.97. The molecule has 3 aromatic rings. The van der Waals surface area contributed by atoms with Crippen molar-refractivity contribution in [3.63, 3.8) is 0 Å². The van der Waals surface area contributed by atoms with E-state index in [1.165, 1.54) is 23.6 Å². The summed E-state index contributed by atoms with van der Waals surface area (Å²) in [6.07, 6.45) is 5.58. The van der Waals surface area contributed by atoms with E-state index in [0.29, 0.717) is 23.9 Å². The number of nitriles is 1. The Morgan fingerprint density at radius 1 is 0.977 bits per heavy atom. The molecule has 0 bridgehead atoms. The van der Waals surface area contributed by atoms with E-state index >= 15 is 0 Å². The zero-order valence-corrected chi connectivity index (χ0v) is 27.9. The molecule has 0 saturated carbocycles. The largest absolute Gasteiger partial charge is 0.396 e. The number of rotatable bonds is 5. The van der Waals surface area contributed by atoms with Crippen LogP contribution >= 0.6 is 10.0 Å². The number of nitrogens with one attached hydrogen (secondary N) is 1. The Morgan fingerprint density at radius 3 is 1.72 bits per heavy atom. The third kappa shape index (κ3) is 11.6. The van der Waals surface area contributed by atoms with Gasteiger partial charge in [0.15, 0.2) is 5.79 Å². The molecule has 0 radical (unpaired) electrons. The summed E-state index contributed by atoms with van der Waals surface area (Å²) < 4.78 is 5.93. The van der Waals surface area contributed by atoms with Gasteiger partial charge >= 0.3 is 0 Å². The van der Waals surface area contributed by atoms with E-state index in [1.54, 1.807) is 6.20 Å². The van der Waals surface area contributed by atoms with Gasteiger partial charge in [0, 0.05) is 18.4 Å². The van der Waals surface area contributed by atoms with E-state index < -0.39 is 15.8 Å². The molecule has 0 aliphatic carbocycles. The zero-order valence-electron chi connectivity index (χ0n) is 27.0. The van der Waals surface area contributed by atoms with Gasteiger partial charge in [0.05, 0.1) is 24.5 Å². The molecule has 4 rings (SSSR count). The maximum atomic E-state index is 9.05. The minimum atomic E-state index is -1.50. The molecule has 3 atom stereocenters. The van der Waals surface area contributed by atoms with Crippen LogP contribution < -0.4 is 5.73 Å². The summed E-state index contributed by atoms with van der Waals surface area (Å²) in [5, 5.41) is 41.9. The van der Waals surface area contributed by atoms with Crippen LogP contribution in [0.1, 0.15) is 78.7 Å². The van der Waals surface area contributed by atoms with Crippen molar-refractivity contribution < 1.29 is 25.2 Å². The van der Waals surface area contributed by atoms with Crippen molar-refractivity contribution in [2.45, 2.75) is 93.8 Å². The number of ether oxygens (including phenoxy) is 1. The van der Waals surface area contributed by atoms with Crippen LogP contribution in [0.5, 0.6) is 0 Å². The topological polar surface area (TPSA) is 156 Å². The van der Waals surface area contributed by atoms with Crippen LogP contribution in [0.15, 0.2) is 76.7 Å². The Morgan fingerprint density at radius 2 is 1.42 bits per heavy atom. The highest BCUT2D eigenvalue weighted by Gasteiger charge is 2.36. The number of nitrogens with two attached hydrogens (primary N) is 1. The molecule has 0 spiro atoms. The van der Waals surface area contributed by atoms with E-state index in [4.69, 9.17) is 36.2 Å². The van der Waals surface area contributed by atoms with Crippen LogP contribution in [0, 0.1) is 17.2 Å². The molecule has 1 aliphatic heterocycles. The minimum absolute atomic E-state index is 0.0241. The van der Waals surface area contributed by atoms with Crippen LogP contribution in [-0.4, -0.2) is 61.5 Å². The molecule has 2 heterocycles. The Hall–Kier alpha value is -2.84. The number of anilines is 1. The van der Waals surface area contributed by atoms with E-state index in [9.17, 15) is 0 Å². The Labute approximate surface area is 259 Å². The van der Waals surface area contributed by atoms with E-state index in [1.807, 2.05) is 13.0 Å². The summed E-state index contributed by atoms with van der Waals surface area (Å²) in [6, 6.07) is 23.9. The van der Waals surface area contributed by atoms with Gasteiger partial charge in [0.2, 0.25) is 0 Å². The molecule has 1 saturated heterocycles. The first-order valence-corrected chi connectivity index (χ1v) is 16.7. The van der Waals surface area contributed by atoms with Crippen molar-refractivity contribution in [3.8, 4) is 6.07 Å². The van der Waals surface area contributed by atoms with E-state index in [0.717, 1.165) is 18.4 Å². The smallest absolute Gasteiger partial charge is 0.156 e. The highest BCUT2D eigenvalue weighted by molar-refractivity contribution is 8.34. The van der Waals surface area contributed by atoms with Crippen LogP contribution in [-0.2, 0) is 4.74 Å². The van der Waals surface area contributed by atoms with E-state index in [2.05, 4.69) is 99.6 Å². The maximum Gasteiger partial charge on any atom is 0.156 e. The number of nitrogen functional groups attached to an aromatic ring is 1. The van der Waals surface area contributed by atoms with Crippen molar-refractivity contribution >= 4 is 15.7 Å². The number of benzene rings is 2. The molecule has 43 heavy (non-hydrogen) atoms. The van der Waals surface area contributed by atoms with E-state index in [-0.39, 0.29) is 23.6 Å². The molecule has 1 fully saturated rings. The van der Waals surface area contributed by atoms with Gasteiger partial charge in [-0.1, -0.05) is 71.0 Å². The van der Waals surface area contributed by atoms with Crippen LogP contribution in [0.2, 0.25) is 0 Å². The second-order valence-electron chi connectivity index (χ2n) is 12.1. The summed E-state index contributed by atoms with van der Waals surface area (Å²) in [5.74, 6) is -1.21. The number of aliphatic hydroxyl groups is 4. The van der Waals surface area contributed by atoms with Gasteiger partial charge in [-0.05, 0) is 77.7 Å². The fourth-order valence-corrected chi connectivity index (χ4v) is 7.53. The van der Waals surface area contributed by atoms with Crippen molar-refractivity contribution in [3.05, 3.63) is 78.1 Å². The second-order valence-corrected chi connectivity index (χ2v) is 16.1. The molecule has 0 amide bonds. The lowest BCUT2D eigenvalue weighted by molar-refractivity contribution is -0.127. The number of aromatic nitrogens is 1. The van der Waals surface area contributed by atoms with Gasteiger partial charge in [-0.25, -0.2) is 0 Å². The van der Waals surface area contributed by atoms with Crippen LogP contribution in [0.25, 0.3) is 0 Å². The Bertz CT molecular complexity index is 1180. The molecule has 1 aromatic heterocycles. The predicted molar refractivity (Wildman–Crippen MR) is 177 cm³/mol. The number of aliphatic hydroxyl groups excluding tert-OH is 2. The van der Waals surface area contributed by atoms with Gasteiger partial charge < -0.3 is 35.9 Å². The summed E-state index contributed by atoms with van der Waals surface area (Å²) >= 11 is 0. The summed E-state index contributed by atoms with van der Waals surface area (Å²) in [6.45, 7) is 14.0. The lowest BCUT2D eigenvalue weighted by Gasteiger charge is -2.48. The number of H-pyrrole nitrogens is 1. The molecule has 3 unspecified atom stereocenters. The van der Waals surface area contributed by atoms with Gasteiger partial charge in [0.25, 0.3) is 0 Å². The third-order valence-corrected chi connectivity index (χ3v) is 11.8. The number of aromatic amines is 1. The molecule has 240 valence electrons. The Balaban J connectivity index is 0.000000338. The van der Waals surface area contributed by atoms with Gasteiger partial charge in [-0.2, -0.15) is 15.3 Å². The maximum absolute atomic E-state index is 9.05. The minimum Gasteiger partial charge on any atom is -0.396 e.